The lowest BCUT2D eigenvalue weighted by Crippen LogP contribution is -2.13. The number of hydrogen-bond acceptors (Lipinski definition) is 6. The Morgan fingerprint density at radius 3 is 2.63 bits per heavy atom. The quantitative estimate of drug-likeness (QED) is 0.672. The fraction of sp³-hybridized carbons (Fsp3) is 0.211. The highest BCUT2D eigenvalue weighted by molar-refractivity contribution is 6.07. The molecule has 0 atom stereocenters. The van der Waals surface area contributed by atoms with Crippen molar-refractivity contribution in [1.82, 2.24) is 9.61 Å². The van der Waals surface area contributed by atoms with Crippen molar-refractivity contribution < 1.29 is 23.8 Å². The summed E-state index contributed by atoms with van der Waals surface area (Å²) >= 11 is 0. The number of ether oxygens (including phenoxy) is 3. The fourth-order valence-electron chi connectivity index (χ4n) is 2.61. The van der Waals surface area contributed by atoms with Crippen LogP contribution in [0.4, 0.5) is 5.69 Å². The Morgan fingerprint density at radius 1 is 1.11 bits per heavy atom. The Labute approximate surface area is 155 Å². The summed E-state index contributed by atoms with van der Waals surface area (Å²) in [6, 6.07) is 8.27. The molecule has 0 bridgehead atoms. The molecule has 8 heteroatoms. The van der Waals surface area contributed by atoms with Gasteiger partial charge in [0, 0.05) is 18.0 Å². The summed E-state index contributed by atoms with van der Waals surface area (Å²) in [4.78, 5) is 24.7. The van der Waals surface area contributed by atoms with Crippen LogP contribution in [0, 0.1) is 0 Å². The lowest BCUT2D eigenvalue weighted by molar-refractivity contribution is 0.0528. The zero-order valence-electron chi connectivity index (χ0n) is 15.2. The smallest absolute Gasteiger partial charge is 0.341 e. The third-order valence-electron chi connectivity index (χ3n) is 3.93. The van der Waals surface area contributed by atoms with Crippen molar-refractivity contribution in [2.45, 2.75) is 6.92 Å². The van der Waals surface area contributed by atoms with Crippen molar-refractivity contribution >= 4 is 23.1 Å². The first-order valence-corrected chi connectivity index (χ1v) is 8.25. The van der Waals surface area contributed by atoms with E-state index >= 15 is 0 Å². The minimum absolute atomic E-state index is 0.268. The summed E-state index contributed by atoms with van der Waals surface area (Å²) in [5.41, 5.74) is 1.73. The summed E-state index contributed by atoms with van der Waals surface area (Å²) in [5.74, 6) is 0.163. The number of hydrogen-bond donors (Lipinski definition) is 1. The van der Waals surface area contributed by atoms with Crippen molar-refractivity contribution in [3.63, 3.8) is 0 Å². The molecule has 0 aliphatic carbocycles. The van der Waals surface area contributed by atoms with Crippen LogP contribution in [-0.2, 0) is 4.74 Å². The zero-order valence-corrected chi connectivity index (χ0v) is 15.2. The van der Waals surface area contributed by atoms with Crippen LogP contribution in [0.5, 0.6) is 11.5 Å². The summed E-state index contributed by atoms with van der Waals surface area (Å²) in [6.07, 6.45) is 3.09. The van der Waals surface area contributed by atoms with E-state index in [1.807, 2.05) is 0 Å². The first kappa shape index (κ1) is 18.2. The van der Waals surface area contributed by atoms with Gasteiger partial charge in [0.05, 0.1) is 38.1 Å². The van der Waals surface area contributed by atoms with Crippen LogP contribution in [0.15, 0.2) is 42.7 Å². The first-order valence-electron chi connectivity index (χ1n) is 8.25. The molecule has 1 amide bonds. The van der Waals surface area contributed by atoms with Crippen molar-refractivity contribution in [3.8, 4) is 11.5 Å². The predicted octanol–water partition coefficient (Wildman–Crippen LogP) is 2.78. The van der Waals surface area contributed by atoms with Gasteiger partial charge >= 0.3 is 5.97 Å². The van der Waals surface area contributed by atoms with Gasteiger partial charge in [-0.15, -0.1) is 0 Å². The second-order valence-electron chi connectivity index (χ2n) is 5.54. The number of pyridine rings is 1. The van der Waals surface area contributed by atoms with E-state index in [1.54, 1.807) is 43.5 Å². The molecule has 2 aromatic heterocycles. The molecule has 27 heavy (non-hydrogen) atoms. The molecule has 0 aliphatic heterocycles. The molecule has 0 fully saturated rings. The monoisotopic (exact) mass is 369 g/mol. The van der Waals surface area contributed by atoms with Gasteiger partial charge in [0.1, 0.15) is 17.1 Å². The topological polar surface area (TPSA) is 91.2 Å². The van der Waals surface area contributed by atoms with Crippen molar-refractivity contribution in [2.24, 2.45) is 0 Å². The van der Waals surface area contributed by atoms with Gasteiger partial charge in [0.25, 0.3) is 5.91 Å². The molecule has 0 aliphatic rings. The van der Waals surface area contributed by atoms with E-state index in [1.165, 1.54) is 24.9 Å². The van der Waals surface area contributed by atoms with Gasteiger partial charge in [-0.3, -0.25) is 4.79 Å². The number of carbonyl (C=O) groups excluding carboxylic acids is 2. The van der Waals surface area contributed by atoms with Crippen LogP contribution < -0.4 is 14.8 Å². The van der Waals surface area contributed by atoms with Crippen LogP contribution in [0.1, 0.15) is 27.6 Å². The Hall–Kier alpha value is -3.55. The van der Waals surface area contributed by atoms with Gasteiger partial charge in [-0.05, 0) is 31.2 Å². The highest BCUT2D eigenvalue weighted by atomic mass is 16.5. The van der Waals surface area contributed by atoms with Crippen LogP contribution >= 0.6 is 0 Å². The fourth-order valence-corrected chi connectivity index (χ4v) is 2.61. The molecule has 0 unspecified atom stereocenters. The minimum atomic E-state index is -0.465. The van der Waals surface area contributed by atoms with E-state index in [0.717, 1.165) is 0 Å². The largest absolute Gasteiger partial charge is 0.497 e. The molecule has 0 radical (unpaired) electrons. The molecular weight excluding hydrogens is 350 g/mol. The lowest BCUT2D eigenvalue weighted by Gasteiger charge is -2.11. The van der Waals surface area contributed by atoms with E-state index in [2.05, 4.69) is 10.4 Å². The van der Waals surface area contributed by atoms with Crippen molar-refractivity contribution in [3.05, 3.63) is 53.9 Å². The molecule has 0 saturated carbocycles. The Morgan fingerprint density at radius 2 is 1.93 bits per heavy atom. The standard InChI is InChI=1S/C19H19N3O5/c1-4-27-19(24)15-11-20-22-8-7-12(9-16(15)22)21-18(23)14-6-5-13(25-2)10-17(14)26-3/h5-11H,4H2,1-3H3,(H,21,23). The number of nitrogens with zero attached hydrogens (tertiary/aromatic N) is 2. The Balaban J connectivity index is 1.89. The molecule has 2 heterocycles. The maximum absolute atomic E-state index is 12.6. The number of esters is 1. The SMILES string of the molecule is CCOC(=O)c1cnn2ccc(NC(=O)c3ccc(OC)cc3OC)cc12. The molecule has 0 spiro atoms. The van der Waals surface area contributed by atoms with E-state index < -0.39 is 5.97 Å². The average Bonchev–Trinajstić information content (AvgIpc) is 3.10. The summed E-state index contributed by atoms with van der Waals surface area (Å²) < 4.78 is 17.0. The zero-order chi connectivity index (χ0) is 19.4. The molecule has 3 aromatic rings. The molecule has 8 nitrogen and oxygen atoms in total. The minimum Gasteiger partial charge on any atom is -0.497 e. The summed E-state index contributed by atoms with van der Waals surface area (Å²) in [6.45, 7) is 2.00. The lowest BCUT2D eigenvalue weighted by atomic mass is 10.1. The maximum atomic E-state index is 12.6. The normalized spacial score (nSPS) is 10.5. The average molecular weight is 369 g/mol. The predicted molar refractivity (Wildman–Crippen MR) is 98.6 cm³/mol. The number of carbonyl (C=O) groups is 2. The van der Waals surface area contributed by atoms with E-state index in [-0.39, 0.29) is 12.5 Å². The van der Waals surface area contributed by atoms with Crippen LogP contribution in [-0.4, -0.2) is 42.3 Å². The Bertz CT molecular complexity index is 996. The number of amides is 1. The summed E-state index contributed by atoms with van der Waals surface area (Å²) in [5, 5.41) is 6.91. The van der Waals surface area contributed by atoms with Crippen molar-refractivity contribution in [2.75, 3.05) is 26.1 Å². The number of benzene rings is 1. The molecule has 1 N–H and O–H groups in total. The maximum Gasteiger partial charge on any atom is 0.341 e. The van der Waals surface area contributed by atoms with Crippen molar-refractivity contribution in [1.29, 1.82) is 0 Å². The van der Waals surface area contributed by atoms with Crippen LogP contribution in [0.25, 0.3) is 5.52 Å². The van der Waals surface area contributed by atoms with Gasteiger partial charge in [-0.2, -0.15) is 5.10 Å². The second kappa shape index (κ2) is 7.77. The molecule has 140 valence electrons. The molecule has 0 saturated heterocycles. The number of anilines is 1. The number of methoxy groups -OCH3 is 2. The van der Waals surface area contributed by atoms with Gasteiger partial charge in [-0.25, -0.2) is 9.31 Å². The summed E-state index contributed by atoms with van der Waals surface area (Å²) in [7, 11) is 3.02. The third-order valence-corrected chi connectivity index (χ3v) is 3.93. The Kier molecular flexibility index (Phi) is 5.25. The third kappa shape index (κ3) is 3.69. The van der Waals surface area contributed by atoms with Crippen LogP contribution in [0.2, 0.25) is 0 Å². The van der Waals surface area contributed by atoms with E-state index in [4.69, 9.17) is 14.2 Å². The highest BCUT2D eigenvalue weighted by Crippen LogP contribution is 2.26. The molecule has 3 rings (SSSR count). The second-order valence-corrected chi connectivity index (χ2v) is 5.54. The number of aromatic nitrogens is 2. The van der Waals surface area contributed by atoms with Gasteiger partial charge in [0.15, 0.2) is 0 Å². The van der Waals surface area contributed by atoms with Gasteiger partial charge in [0.2, 0.25) is 0 Å². The van der Waals surface area contributed by atoms with Crippen LogP contribution in [0.3, 0.4) is 0 Å². The van der Waals surface area contributed by atoms with E-state index in [9.17, 15) is 9.59 Å². The number of nitrogens with one attached hydrogen (secondary N) is 1. The number of fused-ring (bicyclic) bond motifs is 1. The molecule has 1 aromatic carbocycles. The number of rotatable bonds is 6. The molecular formula is C19H19N3O5. The van der Waals surface area contributed by atoms with E-state index in [0.29, 0.717) is 33.8 Å². The first-order chi connectivity index (χ1) is 13.1. The van der Waals surface area contributed by atoms with Gasteiger partial charge < -0.3 is 19.5 Å². The highest BCUT2D eigenvalue weighted by Gasteiger charge is 2.16. The van der Waals surface area contributed by atoms with Gasteiger partial charge in [-0.1, -0.05) is 0 Å².